The van der Waals surface area contributed by atoms with Crippen molar-refractivity contribution in [1.82, 2.24) is 5.32 Å². The summed E-state index contributed by atoms with van der Waals surface area (Å²) in [5.74, 6) is 2.99. The highest BCUT2D eigenvalue weighted by Crippen LogP contribution is 2.41. The SMILES string of the molecule is CCCC[Si](C)(C)c1ccc(C(=O)NC2CCC(C3CCC(CCC)CC3)CC2)cc1. The van der Waals surface area contributed by atoms with Crippen LogP contribution in [0.4, 0.5) is 0 Å². The van der Waals surface area contributed by atoms with E-state index in [1.807, 2.05) is 0 Å². The van der Waals surface area contributed by atoms with E-state index in [2.05, 4.69) is 56.5 Å². The van der Waals surface area contributed by atoms with Crippen molar-refractivity contribution in [1.29, 1.82) is 0 Å². The number of unbranched alkanes of at least 4 members (excludes halogenated alkanes) is 1. The lowest BCUT2D eigenvalue weighted by atomic mass is 9.69. The summed E-state index contributed by atoms with van der Waals surface area (Å²) in [6, 6.07) is 10.3. The molecule has 0 saturated heterocycles. The molecular weight excluding hydrogens is 394 g/mol. The average molecular weight is 442 g/mol. The molecule has 1 aromatic rings. The maximum atomic E-state index is 12.8. The molecule has 2 fully saturated rings. The quantitative estimate of drug-likeness (QED) is 0.400. The fourth-order valence-electron chi connectivity index (χ4n) is 6.20. The Balaban J connectivity index is 1.44. The molecule has 0 radical (unpaired) electrons. The Kier molecular flexibility index (Phi) is 9.25. The van der Waals surface area contributed by atoms with E-state index in [9.17, 15) is 4.79 Å². The summed E-state index contributed by atoms with van der Waals surface area (Å²) in [6.07, 6.45) is 16.1. The highest BCUT2D eigenvalue weighted by molar-refractivity contribution is 6.89. The van der Waals surface area contributed by atoms with Gasteiger partial charge in [0.25, 0.3) is 5.91 Å². The zero-order chi connectivity index (χ0) is 22.3. The number of benzene rings is 1. The van der Waals surface area contributed by atoms with Crippen molar-refractivity contribution in [3.63, 3.8) is 0 Å². The molecule has 3 heteroatoms. The van der Waals surface area contributed by atoms with Gasteiger partial charge < -0.3 is 5.32 Å². The van der Waals surface area contributed by atoms with Crippen LogP contribution in [0.15, 0.2) is 24.3 Å². The van der Waals surface area contributed by atoms with E-state index in [0.29, 0.717) is 6.04 Å². The predicted molar refractivity (Wildman–Crippen MR) is 137 cm³/mol. The van der Waals surface area contributed by atoms with Gasteiger partial charge in [0, 0.05) is 11.6 Å². The van der Waals surface area contributed by atoms with Gasteiger partial charge in [0.05, 0.1) is 8.07 Å². The Bertz CT molecular complexity index is 667. The number of nitrogens with one attached hydrogen (secondary N) is 1. The van der Waals surface area contributed by atoms with Gasteiger partial charge in [-0.15, -0.1) is 0 Å². The molecule has 0 unspecified atom stereocenters. The van der Waals surface area contributed by atoms with Gasteiger partial charge in [-0.1, -0.05) is 88.8 Å². The van der Waals surface area contributed by atoms with Gasteiger partial charge in [-0.05, 0) is 68.4 Å². The third-order valence-corrected chi connectivity index (χ3v) is 11.9. The Hall–Kier alpha value is -1.09. The molecule has 2 aliphatic carbocycles. The molecule has 2 saturated carbocycles. The van der Waals surface area contributed by atoms with Gasteiger partial charge in [-0.25, -0.2) is 0 Å². The molecule has 2 nitrogen and oxygen atoms in total. The normalized spacial score (nSPS) is 27.1. The fourth-order valence-corrected chi connectivity index (χ4v) is 8.79. The minimum absolute atomic E-state index is 0.128. The number of hydrogen-bond acceptors (Lipinski definition) is 1. The van der Waals surface area contributed by atoms with E-state index in [4.69, 9.17) is 0 Å². The van der Waals surface area contributed by atoms with Crippen molar-refractivity contribution >= 4 is 19.2 Å². The van der Waals surface area contributed by atoms with Gasteiger partial charge >= 0.3 is 0 Å². The predicted octanol–water partition coefficient (Wildman–Crippen LogP) is 7.30. The molecular formula is C28H47NOSi. The summed E-state index contributed by atoms with van der Waals surface area (Å²) in [5, 5.41) is 4.83. The Morgan fingerprint density at radius 3 is 2.00 bits per heavy atom. The van der Waals surface area contributed by atoms with Crippen LogP contribution in [0.1, 0.15) is 101 Å². The molecule has 1 N–H and O–H groups in total. The van der Waals surface area contributed by atoms with Crippen molar-refractivity contribution in [3.8, 4) is 0 Å². The fraction of sp³-hybridized carbons (Fsp3) is 0.750. The first kappa shape index (κ1) is 24.5. The van der Waals surface area contributed by atoms with Crippen molar-refractivity contribution in [3.05, 3.63) is 29.8 Å². The lowest BCUT2D eigenvalue weighted by Crippen LogP contribution is -2.41. The summed E-state index contributed by atoms with van der Waals surface area (Å²) in [7, 11) is -1.37. The van der Waals surface area contributed by atoms with Crippen molar-refractivity contribution < 1.29 is 4.79 Å². The largest absolute Gasteiger partial charge is 0.349 e. The number of amides is 1. The average Bonchev–Trinajstić information content (AvgIpc) is 2.79. The van der Waals surface area contributed by atoms with Crippen molar-refractivity contribution in [2.45, 2.75) is 116 Å². The van der Waals surface area contributed by atoms with Crippen molar-refractivity contribution in [2.75, 3.05) is 0 Å². The maximum Gasteiger partial charge on any atom is 0.251 e. The second-order valence-electron chi connectivity index (χ2n) is 11.2. The molecule has 2 aliphatic rings. The van der Waals surface area contributed by atoms with Crippen LogP contribution < -0.4 is 10.5 Å². The smallest absolute Gasteiger partial charge is 0.251 e. The van der Waals surface area contributed by atoms with E-state index in [0.717, 1.165) is 23.3 Å². The number of hydrogen-bond donors (Lipinski definition) is 1. The number of rotatable bonds is 9. The molecule has 0 spiro atoms. The topological polar surface area (TPSA) is 29.1 Å². The summed E-state index contributed by atoms with van der Waals surface area (Å²) < 4.78 is 0. The van der Waals surface area contributed by atoms with E-state index in [1.165, 1.54) is 88.3 Å². The molecule has 0 aromatic heterocycles. The Morgan fingerprint density at radius 2 is 1.45 bits per heavy atom. The van der Waals surface area contributed by atoms with Gasteiger partial charge in [0.15, 0.2) is 0 Å². The summed E-state index contributed by atoms with van der Waals surface area (Å²) >= 11 is 0. The highest BCUT2D eigenvalue weighted by atomic mass is 28.3. The molecule has 0 aliphatic heterocycles. The summed E-state index contributed by atoms with van der Waals surface area (Å²) in [6.45, 7) is 9.49. The van der Waals surface area contributed by atoms with E-state index in [1.54, 1.807) is 0 Å². The second kappa shape index (κ2) is 11.7. The van der Waals surface area contributed by atoms with E-state index in [-0.39, 0.29) is 5.91 Å². The molecule has 0 heterocycles. The van der Waals surface area contributed by atoms with Crippen molar-refractivity contribution in [2.24, 2.45) is 17.8 Å². The van der Waals surface area contributed by atoms with Crippen LogP contribution in [0, 0.1) is 17.8 Å². The Labute approximate surface area is 193 Å². The minimum Gasteiger partial charge on any atom is -0.349 e. The minimum atomic E-state index is -1.37. The van der Waals surface area contributed by atoms with Crippen LogP contribution in [-0.4, -0.2) is 20.0 Å². The molecule has 31 heavy (non-hydrogen) atoms. The van der Waals surface area contributed by atoms with Crippen LogP contribution in [0.5, 0.6) is 0 Å². The molecule has 0 bridgehead atoms. The van der Waals surface area contributed by atoms with Crippen LogP contribution in [0.3, 0.4) is 0 Å². The monoisotopic (exact) mass is 441 g/mol. The first-order valence-corrected chi connectivity index (χ1v) is 16.5. The van der Waals surface area contributed by atoms with Gasteiger partial charge in [0.2, 0.25) is 0 Å². The highest BCUT2D eigenvalue weighted by Gasteiger charge is 2.31. The van der Waals surface area contributed by atoms with Gasteiger partial charge in [-0.2, -0.15) is 0 Å². The van der Waals surface area contributed by atoms with Crippen LogP contribution in [0.25, 0.3) is 0 Å². The first-order valence-electron chi connectivity index (χ1n) is 13.3. The number of carbonyl (C=O) groups is 1. The number of carbonyl (C=O) groups excluding carboxylic acids is 1. The molecule has 3 rings (SSSR count). The molecule has 1 aromatic carbocycles. The van der Waals surface area contributed by atoms with Gasteiger partial charge in [0.1, 0.15) is 0 Å². The third-order valence-electron chi connectivity index (χ3n) is 8.45. The second-order valence-corrected chi connectivity index (χ2v) is 16.1. The molecule has 174 valence electrons. The standard InChI is InChI=1S/C28H47NOSi/c1-5-7-21-31(3,4)27-19-15-25(16-20-27)28(30)29-26-17-13-24(14-18-26)23-11-9-22(8-6-2)10-12-23/h15-16,19-20,22-24,26H,5-14,17-18,21H2,1-4H3,(H,29,30). The van der Waals surface area contributed by atoms with Crippen LogP contribution >= 0.6 is 0 Å². The first-order chi connectivity index (χ1) is 14.9. The maximum absolute atomic E-state index is 12.8. The Morgan fingerprint density at radius 1 is 0.871 bits per heavy atom. The van der Waals surface area contributed by atoms with E-state index >= 15 is 0 Å². The van der Waals surface area contributed by atoms with E-state index < -0.39 is 8.07 Å². The third kappa shape index (κ3) is 6.94. The zero-order valence-corrected chi connectivity index (χ0v) is 21.7. The summed E-state index contributed by atoms with van der Waals surface area (Å²) in [5.41, 5.74) is 0.834. The zero-order valence-electron chi connectivity index (χ0n) is 20.7. The molecule has 1 amide bonds. The summed E-state index contributed by atoms with van der Waals surface area (Å²) in [4.78, 5) is 12.8. The lowest BCUT2D eigenvalue weighted by molar-refractivity contribution is 0.0905. The van der Waals surface area contributed by atoms with Gasteiger partial charge in [-0.3, -0.25) is 4.79 Å². The van der Waals surface area contributed by atoms with Crippen LogP contribution in [0.2, 0.25) is 19.1 Å². The van der Waals surface area contributed by atoms with Crippen LogP contribution in [-0.2, 0) is 0 Å². The molecule has 0 atom stereocenters. The lowest BCUT2D eigenvalue weighted by Gasteiger charge is -2.38.